The van der Waals surface area contributed by atoms with Gasteiger partial charge in [0.05, 0.1) is 0 Å². The van der Waals surface area contributed by atoms with Crippen LogP contribution in [0.25, 0.3) is 0 Å². The van der Waals surface area contributed by atoms with Crippen molar-refractivity contribution in [2.45, 2.75) is 0 Å². The van der Waals surface area contributed by atoms with Crippen LogP contribution in [-0.2, 0) is 16.1 Å². The molecule has 2 rings (SSSR count). The molecule has 0 aromatic rings. The number of carbonyl (C=O) groups is 1. The Labute approximate surface area is 78.4 Å². The normalized spacial score (nSPS) is 25.2. The molecule has 0 aliphatic carbocycles. The Morgan fingerprint density at radius 2 is 1.77 bits per heavy atom. The van der Waals surface area contributed by atoms with Gasteiger partial charge in [0.1, 0.15) is 0 Å². The summed E-state index contributed by atoms with van der Waals surface area (Å²) in [5, 5.41) is 0. The fourth-order valence-electron chi connectivity index (χ4n) is 1.76. The third-order valence-electron chi connectivity index (χ3n) is 2.38. The molecule has 0 N–H and O–H groups in total. The van der Waals surface area contributed by atoms with E-state index in [0.717, 1.165) is 17.6 Å². The third kappa shape index (κ3) is 1.52. The van der Waals surface area contributed by atoms with Gasteiger partial charge in [0.2, 0.25) is 6.41 Å². The zero-order valence-corrected chi connectivity index (χ0v) is 7.75. The highest BCUT2D eigenvalue weighted by molar-refractivity contribution is 7.76. The quantitative estimate of drug-likeness (QED) is 0.322. The molecule has 1 amide bonds. The molecular weight excluding hydrogens is 192 g/mol. The molecular formula is C7H9N2O3S-. The van der Waals surface area contributed by atoms with Crippen LogP contribution in [0.3, 0.4) is 0 Å². The van der Waals surface area contributed by atoms with Crippen LogP contribution >= 0.6 is 0 Å². The third-order valence-corrected chi connectivity index (χ3v) is 3.06. The standard InChI is InChI=1S/C7H10N2O3S/c10-5-8-1-6-3-9(13(11)12)4-7(6)2-8/h5H,1-4H2,(H,11,12)/p-1. The number of hydrogen-bond donors (Lipinski definition) is 0. The van der Waals surface area contributed by atoms with Gasteiger partial charge in [-0.25, -0.2) is 4.31 Å². The summed E-state index contributed by atoms with van der Waals surface area (Å²) in [6.07, 6.45) is 0.802. The maximum Gasteiger partial charge on any atom is 0.210 e. The molecule has 0 saturated carbocycles. The van der Waals surface area contributed by atoms with Crippen molar-refractivity contribution in [3.63, 3.8) is 0 Å². The molecule has 1 atom stereocenters. The summed E-state index contributed by atoms with van der Waals surface area (Å²) in [5.74, 6) is 0. The Kier molecular flexibility index (Phi) is 2.19. The van der Waals surface area contributed by atoms with Crippen LogP contribution in [0.15, 0.2) is 11.1 Å². The van der Waals surface area contributed by atoms with E-state index in [2.05, 4.69) is 0 Å². The molecule has 2 aliphatic heterocycles. The molecule has 0 radical (unpaired) electrons. The number of carbonyl (C=O) groups excluding carboxylic acids is 1. The molecule has 6 heteroatoms. The molecule has 0 aromatic carbocycles. The number of amides is 1. The SMILES string of the molecule is O=CN1CC2=C(C1)CN(S(=O)[O-])C2. The van der Waals surface area contributed by atoms with E-state index < -0.39 is 11.3 Å². The van der Waals surface area contributed by atoms with Crippen molar-refractivity contribution in [1.29, 1.82) is 0 Å². The molecule has 2 heterocycles. The first-order valence-corrected chi connectivity index (χ1v) is 4.97. The Morgan fingerprint density at radius 1 is 1.23 bits per heavy atom. The topological polar surface area (TPSA) is 63.7 Å². The Balaban J connectivity index is 2.01. The smallest absolute Gasteiger partial charge is 0.210 e. The van der Waals surface area contributed by atoms with Gasteiger partial charge in [-0.15, -0.1) is 0 Å². The van der Waals surface area contributed by atoms with Gasteiger partial charge in [0, 0.05) is 37.4 Å². The van der Waals surface area contributed by atoms with Crippen LogP contribution in [0.4, 0.5) is 0 Å². The van der Waals surface area contributed by atoms with Gasteiger partial charge in [-0.05, 0) is 11.1 Å². The summed E-state index contributed by atoms with van der Waals surface area (Å²) in [6, 6.07) is 0. The van der Waals surface area contributed by atoms with Gasteiger partial charge < -0.3 is 9.45 Å². The van der Waals surface area contributed by atoms with Gasteiger partial charge in [0.25, 0.3) is 0 Å². The van der Waals surface area contributed by atoms with E-state index in [1.54, 1.807) is 4.90 Å². The molecule has 1 unspecified atom stereocenters. The minimum absolute atomic E-state index is 0.454. The highest BCUT2D eigenvalue weighted by Crippen LogP contribution is 2.24. The average Bonchev–Trinajstić information content (AvgIpc) is 2.58. The van der Waals surface area contributed by atoms with Gasteiger partial charge in [-0.2, -0.15) is 0 Å². The lowest BCUT2D eigenvalue weighted by atomic mass is 10.2. The fraction of sp³-hybridized carbons (Fsp3) is 0.571. The molecule has 13 heavy (non-hydrogen) atoms. The maximum absolute atomic E-state index is 10.6. The first-order valence-electron chi connectivity index (χ1n) is 3.94. The van der Waals surface area contributed by atoms with Crippen LogP contribution in [0.1, 0.15) is 0 Å². The molecule has 0 spiro atoms. The second-order valence-corrected chi connectivity index (χ2v) is 4.18. The fourth-order valence-corrected chi connectivity index (χ4v) is 2.28. The summed E-state index contributed by atoms with van der Waals surface area (Å²) < 4.78 is 22.6. The highest BCUT2D eigenvalue weighted by atomic mass is 32.2. The summed E-state index contributed by atoms with van der Waals surface area (Å²) in [6.45, 7) is 2.09. The summed E-state index contributed by atoms with van der Waals surface area (Å²) >= 11 is -2.13. The Hall–Kier alpha value is -0.720. The monoisotopic (exact) mass is 201 g/mol. The van der Waals surface area contributed by atoms with E-state index in [9.17, 15) is 13.6 Å². The van der Waals surface area contributed by atoms with Crippen LogP contribution in [0.5, 0.6) is 0 Å². The van der Waals surface area contributed by atoms with Crippen molar-refractivity contribution >= 4 is 17.7 Å². The first-order chi connectivity index (χ1) is 6.20. The number of hydrogen-bond acceptors (Lipinski definition) is 3. The predicted molar refractivity (Wildman–Crippen MR) is 45.2 cm³/mol. The maximum atomic E-state index is 10.6. The van der Waals surface area contributed by atoms with E-state index in [0.29, 0.717) is 26.2 Å². The molecule has 0 saturated heterocycles. The predicted octanol–water partition coefficient (Wildman–Crippen LogP) is -1.14. The minimum Gasteiger partial charge on any atom is -0.760 e. The molecule has 2 aliphatic rings. The van der Waals surface area contributed by atoms with Gasteiger partial charge >= 0.3 is 0 Å². The van der Waals surface area contributed by atoms with Gasteiger partial charge in [-0.3, -0.25) is 9.00 Å². The highest BCUT2D eigenvalue weighted by Gasteiger charge is 2.29. The van der Waals surface area contributed by atoms with E-state index in [1.165, 1.54) is 4.31 Å². The van der Waals surface area contributed by atoms with Crippen molar-refractivity contribution in [3.05, 3.63) is 11.1 Å². The van der Waals surface area contributed by atoms with Crippen molar-refractivity contribution in [1.82, 2.24) is 9.21 Å². The molecule has 0 aromatic heterocycles. The van der Waals surface area contributed by atoms with E-state index >= 15 is 0 Å². The van der Waals surface area contributed by atoms with Crippen molar-refractivity contribution in [3.8, 4) is 0 Å². The minimum atomic E-state index is -2.13. The zero-order chi connectivity index (χ0) is 9.42. The lowest BCUT2D eigenvalue weighted by molar-refractivity contribution is -0.117. The molecule has 72 valence electrons. The summed E-state index contributed by atoms with van der Waals surface area (Å²) in [5.41, 5.74) is 2.16. The summed E-state index contributed by atoms with van der Waals surface area (Å²) in [7, 11) is 0. The van der Waals surface area contributed by atoms with E-state index in [4.69, 9.17) is 0 Å². The van der Waals surface area contributed by atoms with Crippen LogP contribution in [-0.4, -0.2) is 50.6 Å². The second kappa shape index (κ2) is 3.21. The molecule has 5 nitrogen and oxygen atoms in total. The van der Waals surface area contributed by atoms with Crippen LogP contribution < -0.4 is 0 Å². The molecule has 0 fully saturated rings. The Bertz CT molecular complexity index is 284. The zero-order valence-electron chi connectivity index (χ0n) is 6.93. The number of nitrogens with zero attached hydrogens (tertiary/aromatic N) is 2. The van der Waals surface area contributed by atoms with Crippen molar-refractivity contribution in [2.75, 3.05) is 26.2 Å². The lowest BCUT2D eigenvalue weighted by Crippen LogP contribution is -2.30. The van der Waals surface area contributed by atoms with E-state index in [-0.39, 0.29) is 0 Å². The lowest BCUT2D eigenvalue weighted by Gasteiger charge is -2.21. The Morgan fingerprint density at radius 3 is 2.15 bits per heavy atom. The first kappa shape index (κ1) is 8.86. The largest absolute Gasteiger partial charge is 0.760 e. The number of rotatable bonds is 2. The van der Waals surface area contributed by atoms with Crippen LogP contribution in [0.2, 0.25) is 0 Å². The average molecular weight is 201 g/mol. The molecule has 0 bridgehead atoms. The second-order valence-electron chi connectivity index (χ2n) is 3.23. The van der Waals surface area contributed by atoms with Crippen LogP contribution in [0, 0.1) is 0 Å². The van der Waals surface area contributed by atoms with E-state index in [1.807, 2.05) is 0 Å². The van der Waals surface area contributed by atoms with Gasteiger partial charge in [0.15, 0.2) is 0 Å². The van der Waals surface area contributed by atoms with Gasteiger partial charge in [-0.1, -0.05) is 0 Å². The summed E-state index contributed by atoms with van der Waals surface area (Å²) in [4.78, 5) is 12.1. The van der Waals surface area contributed by atoms with Crippen molar-refractivity contribution < 1.29 is 13.6 Å². The van der Waals surface area contributed by atoms with Crippen molar-refractivity contribution in [2.24, 2.45) is 0 Å².